The highest BCUT2D eigenvalue weighted by atomic mass is 19.1. The van der Waals surface area contributed by atoms with Crippen LogP contribution in [0.5, 0.6) is 0 Å². The largest absolute Gasteiger partial charge is 0.452 e. The number of benzene rings is 1. The maximum Gasteiger partial charge on any atom is 0.338 e. The summed E-state index contributed by atoms with van der Waals surface area (Å²) >= 11 is 0. The highest BCUT2D eigenvalue weighted by Gasteiger charge is 2.13. The van der Waals surface area contributed by atoms with Gasteiger partial charge in [-0.15, -0.1) is 0 Å². The van der Waals surface area contributed by atoms with Gasteiger partial charge in [-0.05, 0) is 37.0 Å². The standard InChI is InChI=1S/C16H21FN2O4/c1-10(2)6-7-18-16(22)19-14(20)9-23-15(21)12-5-4-11(3)13(17)8-12/h4-5,8,10H,6-7,9H2,1-3H3,(H2,18,19,20,22). The molecule has 23 heavy (non-hydrogen) atoms. The number of halogens is 1. The van der Waals surface area contributed by atoms with Gasteiger partial charge in [0.25, 0.3) is 5.91 Å². The lowest BCUT2D eigenvalue weighted by Gasteiger charge is -2.09. The number of carbonyl (C=O) groups excluding carboxylic acids is 3. The third-order valence-electron chi connectivity index (χ3n) is 3.00. The van der Waals surface area contributed by atoms with E-state index in [2.05, 4.69) is 5.32 Å². The van der Waals surface area contributed by atoms with E-state index >= 15 is 0 Å². The Morgan fingerprint density at radius 3 is 2.57 bits per heavy atom. The monoisotopic (exact) mass is 324 g/mol. The second-order valence-electron chi connectivity index (χ2n) is 5.53. The summed E-state index contributed by atoms with van der Waals surface area (Å²) in [6.07, 6.45) is 0.787. The third kappa shape index (κ3) is 6.90. The van der Waals surface area contributed by atoms with Crippen LogP contribution >= 0.6 is 0 Å². The topological polar surface area (TPSA) is 84.5 Å². The number of nitrogens with one attached hydrogen (secondary N) is 2. The molecule has 1 aromatic carbocycles. The molecule has 126 valence electrons. The summed E-state index contributed by atoms with van der Waals surface area (Å²) in [5, 5.41) is 4.56. The predicted octanol–water partition coefficient (Wildman–Crippen LogP) is 2.16. The first-order valence-electron chi connectivity index (χ1n) is 7.30. The van der Waals surface area contributed by atoms with E-state index in [1.165, 1.54) is 12.1 Å². The Balaban J connectivity index is 2.36. The quantitative estimate of drug-likeness (QED) is 0.785. The summed E-state index contributed by atoms with van der Waals surface area (Å²) in [7, 11) is 0. The minimum Gasteiger partial charge on any atom is -0.452 e. The molecule has 1 aromatic rings. The molecule has 0 aliphatic carbocycles. The van der Waals surface area contributed by atoms with Crippen molar-refractivity contribution < 1.29 is 23.5 Å². The lowest BCUT2D eigenvalue weighted by atomic mass is 10.1. The number of ether oxygens (including phenoxy) is 1. The third-order valence-corrected chi connectivity index (χ3v) is 3.00. The van der Waals surface area contributed by atoms with Crippen LogP contribution in [0.4, 0.5) is 9.18 Å². The molecule has 0 fully saturated rings. The summed E-state index contributed by atoms with van der Waals surface area (Å²) in [4.78, 5) is 34.6. The molecule has 0 saturated heterocycles. The van der Waals surface area contributed by atoms with E-state index < -0.39 is 30.3 Å². The van der Waals surface area contributed by atoms with E-state index in [9.17, 15) is 18.8 Å². The molecular weight excluding hydrogens is 303 g/mol. The number of hydrogen-bond donors (Lipinski definition) is 2. The maximum absolute atomic E-state index is 13.3. The Kier molecular flexibility index (Phi) is 7.18. The minimum absolute atomic E-state index is 0.00212. The van der Waals surface area contributed by atoms with Crippen LogP contribution in [-0.2, 0) is 9.53 Å². The maximum atomic E-state index is 13.3. The van der Waals surface area contributed by atoms with Gasteiger partial charge in [0, 0.05) is 6.54 Å². The van der Waals surface area contributed by atoms with Crippen molar-refractivity contribution in [2.45, 2.75) is 27.2 Å². The molecule has 0 aromatic heterocycles. The number of hydrogen-bond acceptors (Lipinski definition) is 4. The van der Waals surface area contributed by atoms with E-state index in [0.717, 1.165) is 12.5 Å². The van der Waals surface area contributed by atoms with E-state index in [-0.39, 0.29) is 5.56 Å². The van der Waals surface area contributed by atoms with Gasteiger partial charge in [-0.25, -0.2) is 14.0 Å². The van der Waals surface area contributed by atoms with Gasteiger partial charge in [-0.1, -0.05) is 19.9 Å². The van der Waals surface area contributed by atoms with Crippen LogP contribution in [0, 0.1) is 18.7 Å². The van der Waals surface area contributed by atoms with Crippen molar-refractivity contribution in [3.8, 4) is 0 Å². The lowest BCUT2D eigenvalue weighted by Crippen LogP contribution is -2.41. The molecule has 0 spiro atoms. The molecule has 0 radical (unpaired) electrons. The van der Waals surface area contributed by atoms with Crippen molar-refractivity contribution in [1.82, 2.24) is 10.6 Å². The summed E-state index contributed by atoms with van der Waals surface area (Å²) in [5.41, 5.74) is 0.402. The van der Waals surface area contributed by atoms with Gasteiger partial charge in [0.1, 0.15) is 5.82 Å². The van der Waals surface area contributed by atoms with Crippen molar-refractivity contribution in [3.05, 3.63) is 35.1 Å². The van der Waals surface area contributed by atoms with Gasteiger partial charge in [0.15, 0.2) is 6.61 Å². The van der Waals surface area contributed by atoms with Gasteiger partial charge < -0.3 is 10.1 Å². The number of aryl methyl sites for hydroxylation is 1. The molecule has 0 atom stereocenters. The Bertz CT molecular complexity index is 587. The fourth-order valence-electron chi connectivity index (χ4n) is 1.62. The number of imide groups is 1. The molecule has 3 amide bonds. The molecule has 2 N–H and O–H groups in total. The Morgan fingerprint density at radius 2 is 1.96 bits per heavy atom. The highest BCUT2D eigenvalue weighted by molar-refractivity contribution is 5.97. The molecule has 0 unspecified atom stereocenters. The second-order valence-corrected chi connectivity index (χ2v) is 5.53. The molecule has 7 heteroatoms. The first-order valence-corrected chi connectivity index (χ1v) is 7.30. The number of urea groups is 1. The Hall–Kier alpha value is -2.44. The Morgan fingerprint density at radius 1 is 1.26 bits per heavy atom. The number of rotatable bonds is 6. The first kappa shape index (κ1) is 18.6. The lowest BCUT2D eigenvalue weighted by molar-refractivity contribution is -0.123. The van der Waals surface area contributed by atoms with Crippen molar-refractivity contribution in [3.63, 3.8) is 0 Å². The molecule has 0 bridgehead atoms. The smallest absolute Gasteiger partial charge is 0.338 e. The first-order chi connectivity index (χ1) is 10.8. The SMILES string of the molecule is Cc1ccc(C(=O)OCC(=O)NC(=O)NCCC(C)C)cc1F. The zero-order valence-electron chi connectivity index (χ0n) is 13.4. The van der Waals surface area contributed by atoms with Gasteiger partial charge in [-0.3, -0.25) is 10.1 Å². The molecule has 0 heterocycles. The summed E-state index contributed by atoms with van der Waals surface area (Å²) in [6.45, 7) is 5.41. The molecule has 0 aliphatic heterocycles. The average Bonchev–Trinajstić information content (AvgIpc) is 2.47. The van der Waals surface area contributed by atoms with Crippen LogP contribution in [0.3, 0.4) is 0 Å². The highest BCUT2D eigenvalue weighted by Crippen LogP contribution is 2.10. The molecule has 1 rings (SSSR count). The number of carbonyl (C=O) groups is 3. The van der Waals surface area contributed by atoms with E-state index in [1.54, 1.807) is 6.92 Å². The average molecular weight is 324 g/mol. The van der Waals surface area contributed by atoms with Crippen LogP contribution in [0.2, 0.25) is 0 Å². The molecule has 6 nitrogen and oxygen atoms in total. The fourth-order valence-corrected chi connectivity index (χ4v) is 1.62. The van der Waals surface area contributed by atoms with E-state index in [1.807, 2.05) is 19.2 Å². The Labute approximate surface area is 134 Å². The van der Waals surface area contributed by atoms with Crippen LogP contribution in [-0.4, -0.2) is 31.1 Å². The number of esters is 1. The van der Waals surface area contributed by atoms with Gasteiger partial charge in [0.05, 0.1) is 5.56 Å². The molecule has 0 aliphatic rings. The predicted molar refractivity (Wildman–Crippen MR) is 82.4 cm³/mol. The summed E-state index contributed by atoms with van der Waals surface area (Å²) in [5.74, 6) is -1.69. The van der Waals surface area contributed by atoms with Crippen molar-refractivity contribution >= 4 is 17.9 Å². The van der Waals surface area contributed by atoms with Crippen molar-refractivity contribution in [2.24, 2.45) is 5.92 Å². The van der Waals surface area contributed by atoms with E-state index in [0.29, 0.717) is 18.0 Å². The number of amides is 3. The second kappa shape index (κ2) is 8.87. The zero-order chi connectivity index (χ0) is 17.4. The normalized spacial score (nSPS) is 10.3. The van der Waals surface area contributed by atoms with Gasteiger partial charge in [-0.2, -0.15) is 0 Å². The summed E-state index contributed by atoms with van der Waals surface area (Å²) in [6, 6.07) is 3.23. The minimum atomic E-state index is -0.834. The molecular formula is C16H21FN2O4. The summed E-state index contributed by atoms with van der Waals surface area (Å²) < 4.78 is 18.1. The van der Waals surface area contributed by atoms with Gasteiger partial charge in [0.2, 0.25) is 0 Å². The van der Waals surface area contributed by atoms with E-state index in [4.69, 9.17) is 4.74 Å². The zero-order valence-corrected chi connectivity index (χ0v) is 13.4. The van der Waals surface area contributed by atoms with Crippen molar-refractivity contribution in [2.75, 3.05) is 13.2 Å². The molecule has 0 saturated carbocycles. The van der Waals surface area contributed by atoms with Crippen LogP contribution in [0.15, 0.2) is 18.2 Å². The fraction of sp³-hybridized carbons (Fsp3) is 0.438. The van der Waals surface area contributed by atoms with Gasteiger partial charge >= 0.3 is 12.0 Å². The van der Waals surface area contributed by atoms with Crippen LogP contribution < -0.4 is 10.6 Å². The van der Waals surface area contributed by atoms with Crippen LogP contribution in [0.25, 0.3) is 0 Å². The van der Waals surface area contributed by atoms with Crippen molar-refractivity contribution in [1.29, 1.82) is 0 Å². The van der Waals surface area contributed by atoms with Crippen LogP contribution in [0.1, 0.15) is 36.2 Å².